The minimum absolute atomic E-state index is 0.0496. The fraction of sp³-hybridized carbons (Fsp3) is 0.429. The molecule has 2 amide bonds. The molecule has 0 saturated carbocycles. The summed E-state index contributed by atoms with van der Waals surface area (Å²) in [6.45, 7) is 1.82. The molecule has 6 nitrogen and oxygen atoms in total. The van der Waals surface area contributed by atoms with Gasteiger partial charge in [-0.25, -0.2) is 0 Å². The summed E-state index contributed by atoms with van der Waals surface area (Å²) in [5.74, 6) is -0.421. The summed E-state index contributed by atoms with van der Waals surface area (Å²) in [6.07, 6.45) is 0.918. The Morgan fingerprint density at radius 3 is 2.71 bits per heavy atom. The van der Waals surface area contributed by atoms with Crippen LogP contribution in [0.5, 0.6) is 0 Å². The van der Waals surface area contributed by atoms with Crippen LogP contribution in [0.1, 0.15) is 19.8 Å². The van der Waals surface area contributed by atoms with Crippen molar-refractivity contribution in [1.82, 2.24) is 0 Å². The lowest BCUT2D eigenvalue weighted by Gasteiger charge is -2.13. The molecule has 0 radical (unpaired) electrons. The quantitative estimate of drug-likeness (QED) is 0.789. The van der Waals surface area contributed by atoms with Crippen molar-refractivity contribution in [3.05, 3.63) is 23.2 Å². The van der Waals surface area contributed by atoms with E-state index >= 15 is 0 Å². The van der Waals surface area contributed by atoms with E-state index in [-0.39, 0.29) is 17.9 Å². The Kier molecular flexibility index (Phi) is 5.17. The van der Waals surface area contributed by atoms with Crippen LogP contribution in [0.4, 0.5) is 11.4 Å². The van der Waals surface area contributed by atoms with Gasteiger partial charge in [0.05, 0.1) is 16.8 Å². The van der Waals surface area contributed by atoms with Gasteiger partial charge >= 0.3 is 0 Å². The van der Waals surface area contributed by atoms with Crippen molar-refractivity contribution >= 4 is 34.8 Å². The van der Waals surface area contributed by atoms with Crippen LogP contribution in [-0.4, -0.2) is 30.6 Å². The second-order valence-corrected chi connectivity index (χ2v) is 5.33. The number of hydrogen-bond donors (Lipinski definition) is 3. The predicted molar refractivity (Wildman–Crippen MR) is 81.3 cm³/mol. The molecule has 1 aromatic rings. The highest BCUT2D eigenvalue weighted by molar-refractivity contribution is 6.34. The first kappa shape index (κ1) is 15.8. The molecule has 2 rings (SSSR count). The highest BCUT2D eigenvalue weighted by Gasteiger charge is 2.29. The number of carbonyl (C=O) groups excluding carboxylic acids is 2. The van der Waals surface area contributed by atoms with Crippen LogP contribution in [-0.2, 0) is 14.3 Å². The standard InChI is InChI=1S/C14H18ClN3O3/c1-8(19)17-12-4-2-9(6-11(12)15)18-14(20)13-5-3-10(7-16)21-13/h2,4,6,10,13H,3,5,7,16H2,1H3,(H,17,19)(H,18,20). The summed E-state index contributed by atoms with van der Waals surface area (Å²) in [5.41, 5.74) is 6.57. The summed E-state index contributed by atoms with van der Waals surface area (Å²) < 4.78 is 5.52. The summed E-state index contributed by atoms with van der Waals surface area (Å²) >= 11 is 6.05. The van der Waals surface area contributed by atoms with Crippen LogP contribution < -0.4 is 16.4 Å². The third kappa shape index (κ3) is 4.17. The normalized spacial score (nSPS) is 21.1. The van der Waals surface area contributed by atoms with E-state index in [4.69, 9.17) is 22.1 Å². The van der Waals surface area contributed by atoms with Crippen LogP contribution in [0.25, 0.3) is 0 Å². The molecule has 1 heterocycles. The average Bonchev–Trinajstić information content (AvgIpc) is 2.90. The van der Waals surface area contributed by atoms with Crippen LogP contribution >= 0.6 is 11.6 Å². The predicted octanol–water partition coefficient (Wildman–Crippen LogP) is 1.74. The number of rotatable bonds is 4. The molecule has 0 bridgehead atoms. The van der Waals surface area contributed by atoms with Gasteiger partial charge in [0.25, 0.3) is 5.91 Å². The van der Waals surface area contributed by atoms with E-state index in [1.165, 1.54) is 6.92 Å². The molecule has 1 saturated heterocycles. The van der Waals surface area contributed by atoms with Crippen LogP contribution in [0.2, 0.25) is 5.02 Å². The Balaban J connectivity index is 1.98. The third-order valence-corrected chi connectivity index (χ3v) is 3.52. The van der Waals surface area contributed by atoms with Crippen LogP contribution in [0, 0.1) is 0 Å². The van der Waals surface area contributed by atoms with E-state index in [0.29, 0.717) is 29.4 Å². The molecule has 1 aliphatic rings. The summed E-state index contributed by atoms with van der Waals surface area (Å²) in [5, 5.41) is 5.70. The van der Waals surface area contributed by atoms with Gasteiger partial charge in [0.15, 0.2) is 0 Å². The minimum Gasteiger partial charge on any atom is -0.364 e. The number of ether oxygens (including phenoxy) is 1. The van der Waals surface area contributed by atoms with Gasteiger partial charge in [-0.05, 0) is 31.0 Å². The maximum atomic E-state index is 12.1. The number of carbonyl (C=O) groups is 2. The highest BCUT2D eigenvalue weighted by Crippen LogP contribution is 2.26. The van der Waals surface area contributed by atoms with Crippen molar-refractivity contribution in [2.24, 2.45) is 5.73 Å². The lowest BCUT2D eigenvalue weighted by molar-refractivity contribution is -0.126. The minimum atomic E-state index is -0.479. The number of benzene rings is 1. The van der Waals surface area contributed by atoms with E-state index in [1.54, 1.807) is 18.2 Å². The van der Waals surface area contributed by atoms with Gasteiger partial charge in [0.2, 0.25) is 5.91 Å². The van der Waals surface area contributed by atoms with Gasteiger partial charge in [-0.2, -0.15) is 0 Å². The smallest absolute Gasteiger partial charge is 0.253 e. The number of halogens is 1. The number of nitrogens with one attached hydrogen (secondary N) is 2. The Bertz CT molecular complexity index is 550. The zero-order chi connectivity index (χ0) is 15.4. The third-order valence-electron chi connectivity index (χ3n) is 3.21. The second kappa shape index (κ2) is 6.89. The van der Waals surface area contributed by atoms with Gasteiger partial charge in [-0.3, -0.25) is 9.59 Å². The zero-order valence-corrected chi connectivity index (χ0v) is 12.4. The van der Waals surface area contributed by atoms with Crippen molar-refractivity contribution in [3.63, 3.8) is 0 Å². The zero-order valence-electron chi connectivity index (χ0n) is 11.7. The fourth-order valence-corrected chi connectivity index (χ4v) is 2.41. The van der Waals surface area contributed by atoms with Gasteiger partial charge in [0, 0.05) is 19.2 Å². The molecular formula is C14H18ClN3O3. The molecule has 1 aromatic carbocycles. The Hall–Kier alpha value is -1.63. The molecule has 0 aliphatic carbocycles. The maximum Gasteiger partial charge on any atom is 0.253 e. The first-order valence-electron chi connectivity index (χ1n) is 6.73. The van der Waals surface area contributed by atoms with Gasteiger partial charge in [0.1, 0.15) is 6.10 Å². The SMILES string of the molecule is CC(=O)Nc1ccc(NC(=O)C2CCC(CN)O2)cc1Cl. The van der Waals surface area contributed by atoms with Crippen LogP contribution in [0.3, 0.4) is 0 Å². The van der Waals surface area contributed by atoms with Crippen molar-refractivity contribution in [2.45, 2.75) is 32.0 Å². The van der Waals surface area contributed by atoms with E-state index < -0.39 is 6.10 Å². The van der Waals surface area contributed by atoms with Crippen molar-refractivity contribution in [2.75, 3.05) is 17.2 Å². The van der Waals surface area contributed by atoms with E-state index in [0.717, 1.165) is 6.42 Å². The molecule has 0 spiro atoms. The summed E-state index contributed by atoms with van der Waals surface area (Å²) in [6, 6.07) is 4.89. The van der Waals surface area contributed by atoms with Gasteiger partial charge < -0.3 is 21.1 Å². The van der Waals surface area contributed by atoms with Gasteiger partial charge in [-0.15, -0.1) is 0 Å². The topological polar surface area (TPSA) is 93.5 Å². The molecule has 4 N–H and O–H groups in total. The second-order valence-electron chi connectivity index (χ2n) is 4.92. The van der Waals surface area contributed by atoms with E-state index in [9.17, 15) is 9.59 Å². The highest BCUT2D eigenvalue weighted by atomic mass is 35.5. The summed E-state index contributed by atoms with van der Waals surface area (Å²) in [7, 11) is 0. The lowest BCUT2D eigenvalue weighted by Crippen LogP contribution is -2.29. The monoisotopic (exact) mass is 311 g/mol. The maximum absolute atomic E-state index is 12.1. The molecule has 7 heteroatoms. The molecule has 114 valence electrons. The molecule has 21 heavy (non-hydrogen) atoms. The van der Waals surface area contributed by atoms with Crippen LogP contribution in [0.15, 0.2) is 18.2 Å². The fourth-order valence-electron chi connectivity index (χ4n) is 2.18. The Labute approximate surface area is 128 Å². The molecule has 0 aromatic heterocycles. The van der Waals surface area contributed by atoms with Crippen molar-refractivity contribution < 1.29 is 14.3 Å². The number of nitrogens with two attached hydrogens (primary N) is 1. The molecule has 1 aliphatic heterocycles. The largest absolute Gasteiger partial charge is 0.364 e. The first-order chi connectivity index (χ1) is 9.99. The van der Waals surface area contributed by atoms with E-state index in [1.807, 2.05) is 0 Å². The van der Waals surface area contributed by atoms with Crippen molar-refractivity contribution in [1.29, 1.82) is 0 Å². The number of amides is 2. The Morgan fingerprint density at radius 1 is 1.38 bits per heavy atom. The number of hydrogen-bond acceptors (Lipinski definition) is 4. The van der Waals surface area contributed by atoms with Crippen molar-refractivity contribution in [3.8, 4) is 0 Å². The molecule has 2 unspecified atom stereocenters. The Morgan fingerprint density at radius 2 is 2.14 bits per heavy atom. The number of anilines is 2. The lowest BCUT2D eigenvalue weighted by atomic mass is 10.2. The molecule has 1 fully saturated rings. The molecular weight excluding hydrogens is 294 g/mol. The molecule has 2 atom stereocenters. The van der Waals surface area contributed by atoms with Gasteiger partial charge in [-0.1, -0.05) is 11.6 Å². The summed E-state index contributed by atoms with van der Waals surface area (Å²) in [4.78, 5) is 23.1. The average molecular weight is 312 g/mol. The first-order valence-corrected chi connectivity index (χ1v) is 7.11. The van der Waals surface area contributed by atoms with E-state index in [2.05, 4.69) is 10.6 Å².